The molecule has 0 spiro atoms. The molecule has 0 aliphatic rings. The molecule has 14 heavy (non-hydrogen) atoms. The monoisotopic (exact) mass is 206 g/mol. The summed E-state index contributed by atoms with van der Waals surface area (Å²) >= 11 is 5.59. The van der Waals surface area contributed by atoms with Crippen LogP contribution in [0.5, 0.6) is 0 Å². The van der Waals surface area contributed by atoms with E-state index in [0.29, 0.717) is 0 Å². The Bertz CT molecular complexity index is 437. The standard InChI is InChI=1S/C12H8ClF/c13-11-7-6-10(8-12(11)14)9-4-2-1-3-5-9/h1-8H. The van der Waals surface area contributed by atoms with Crippen LogP contribution in [0.4, 0.5) is 4.39 Å². The Hall–Kier alpha value is -1.34. The van der Waals surface area contributed by atoms with Crippen molar-refractivity contribution in [3.63, 3.8) is 0 Å². The van der Waals surface area contributed by atoms with Gasteiger partial charge in [0, 0.05) is 0 Å². The first-order valence-corrected chi connectivity index (χ1v) is 4.65. The molecule has 0 nitrogen and oxygen atoms in total. The van der Waals surface area contributed by atoms with Crippen molar-refractivity contribution in [2.24, 2.45) is 0 Å². The molecule has 0 radical (unpaired) electrons. The van der Waals surface area contributed by atoms with Gasteiger partial charge in [0.05, 0.1) is 5.02 Å². The molecule has 0 atom stereocenters. The van der Waals surface area contributed by atoms with Gasteiger partial charge in [0.2, 0.25) is 0 Å². The quantitative estimate of drug-likeness (QED) is 0.658. The topological polar surface area (TPSA) is 0 Å². The molecule has 2 aromatic rings. The minimum absolute atomic E-state index is 0.157. The van der Waals surface area contributed by atoms with Crippen LogP contribution >= 0.6 is 11.6 Å². The van der Waals surface area contributed by atoms with Crippen LogP contribution in [-0.2, 0) is 0 Å². The molecule has 2 heteroatoms. The Morgan fingerprint density at radius 3 is 2.21 bits per heavy atom. The first-order valence-electron chi connectivity index (χ1n) is 4.28. The lowest BCUT2D eigenvalue weighted by molar-refractivity contribution is 0.629. The van der Waals surface area contributed by atoms with E-state index in [1.807, 2.05) is 30.3 Å². The summed E-state index contributed by atoms with van der Waals surface area (Å²) < 4.78 is 13.1. The van der Waals surface area contributed by atoms with Crippen LogP contribution in [0.3, 0.4) is 0 Å². The van der Waals surface area contributed by atoms with E-state index in [4.69, 9.17) is 11.6 Å². The molecule has 0 bridgehead atoms. The lowest BCUT2D eigenvalue weighted by Crippen LogP contribution is -1.80. The molecule has 0 unspecified atom stereocenters. The molecular formula is C12H8ClF. The van der Waals surface area contributed by atoms with Crippen LogP contribution in [0.2, 0.25) is 5.02 Å². The van der Waals surface area contributed by atoms with E-state index in [0.717, 1.165) is 11.1 Å². The van der Waals surface area contributed by atoms with Crippen molar-refractivity contribution in [1.82, 2.24) is 0 Å². The molecule has 2 rings (SSSR count). The Balaban J connectivity index is 2.48. The van der Waals surface area contributed by atoms with E-state index in [2.05, 4.69) is 0 Å². The third-order valence-corrected chi connectivity index (χ3v) is 2.33. The SMILES string of the molecule is Fc1cc(-c2ccccc2)ccc1Cl. The van der Waals surface area contributed by atoms with Gasteiger partial charge < -0.3 is 0 Å². The molecule has 70 valence electrons. The van der Waals surface area contributed by atoms with E-state index in [9.17, 15) is 4.39 Å². The third kappa shape index (κ3) is 1.78. The highest BCUT2D eigenvalue weighted by atomic mass is 35.5. The van der Waals surface area contributed by atoms with Crippen molar-refractivity contribution >= 4 is 11.6 Å². The summed E-state index contributed by atoms with van der Waals surface area (Å²) in [7, 11) is 0. The van der Waals surface area contributed by atoms with Crippen LogP contribution in [0.1, 0.15) is 0 Å². The normalized spacial score (nSPS) is 10.1. The maximum Gasteiger partial charge on any atom is 0.142 e. The fraction of sp³-hybridized carbons (Fsp3) is 0. The molecular weight excluding hydrogens is 199 g/mol. The van der Waals surface area contributed by atoms with Crippen LogP contribution < -0.4 is 0 Å². The lowest BCUT2D eigenvalue weighted by atomic mass is 10.1. The summed E-state index contributed by atoms with van der Waals surface area (Å²) in [4.78, 5) is 0. The molecule has 0 heterocycles. The van der Waals surface area contributed by atoms with Gasteiger partial charge in [-0.1, -0.05) is 48.0 Å². The van der Waals surface area contributed by atoms with Gasteiger partial charge in [0.15, 0.2) is 0 Å². The van der Waals surface area contributed by atoms with E-state index < -0.39 is 0 Å². The minimum Gasteiger partial charge on any atom is -0.205 e. The predicted octanol–water partition coefficient (Wildman–Crippen LogP) is 4.15. The molecule has 0 saturated heterocycles. The summed E-state index contributed by atoms with van der Waals surface area (Å²) in [6, 6.07) is 14.4. The molecule has 0 saturated carbocycles. The van der Waals surface area contributed by atoms with E-state index in [-0.39, 0.29) is 10.8 Å². The van der Waals surface area contributed by atoms with Crippen molar-refractivity contribution in [1.29, 1.82) is 0 Å². The summed E-state index contributed by atoms with van der Waals surface area (Å²) in [6.45, 7) is 0. The van der Waals surface area contributed by atoms with Gasteiger partial charge >= 0.3 is 0 Å². The van der Waals surface area contributed by atoms with E-state index in [1.165, 1.54) is 6.07 Å². The highest BCUT2D eigenvalue weighted by Gasteiger charge is 2.01. The summed E-state index contributed by atoms with van der Waals surface area (Å²) in [5.74, 6) is -0.381. The molecule has 0 fully saturated rings. The Morgan fingerprint density at radius 1 is 0.857 bits per heavy atom. The zero-order valence-electron chi connectivity index (χ0n) is 7.37. The maximum atomic E-state index is 13.1. The fourth-order valence-electron chi connectivity index (χ4n) is 1.31. The van der Waals surface area contributed by atoms with Gasteiger partial charge in [-0.15, -0.1) is 0 Å². The fourth-order valence-corrected chi connectivity index (χ4v) is 1.42. The van der Waals surface area contributed by atoms with Crippen LogP contribution in [0.25, 0.3) is 11.1 Å². The maximum absolute atomic E-state index is 13.1. The average Bonchev–Trinajstić information content (AvgIpc) is 2.23. The van der Waals surface area contributed by atoms with Gasteiger partial charge in [0.1, 0.15) is 5.82 Å². The van der Waals surface area contributed by atoms with Crippen molar-refractivity contribution < 1.29 is 4.39 Å². The first kappa shape index (κ1) is 9.22. The Morgan fingerprint density at radius 2 is 1.57 bits per heavy atom. The van der Waals surface area contributed by atoms with Gasteiger partial charge in [-0.2, -0.15) is 0 Å². The smallest absolute Gasteiger partial charge is 0.142 e. The second kappa shape index (κ2) is 3.81. The van der Waals surface area contributed by atoms with Gasteiger partial charge in [-0.3, -0.25) is 0 Å². The van der Waals surface area contributed by atoms with Crippen LogP contribution in [0.15, 0.2) is 48.5 Å². The van der Waals surface area contributed by atoms with E-state index >= 15 is 0 Å². The zero-order valence-corrected chi connectivity index (χ0v) is 8.13. The van der Waals surface area contributed by atoms with Gasteiger partial charge in [-0.25, -0.2) is 4.39 Å². The Labute approximate surface area is 87.0 Å². The van der Waals surface area contributed by atoms with Crippen molar-refractivity contribution in [3.05, 3.63) is 59.4 Å². The largest absolute Gasteiger partial charge is 0.205 e. The summed E-state index contributed by atoms with van der Waals surface area (Å²) in [6.07, 6.45) is 0. The lowest BCUT2D eigenvalue weighted by Gasteiger charge is -2.01. The number of benzene rings is 2. The van der Waals surface area contributed by atoms with Crippen molar-refractivity contribution in [2.75, 3.05) is 0 Å². The van der Waals surface area contributed by atoms with Crippen LogP contribution in [0, 0.1) is 5.82 Å². The molecule has 0 amide bonds. The van der Waals surface area contributed by atoms with E-state index in [1.54, 1.807) is 12.1 Å². The average molecular weight is 207 g/mol. The predicted molar refractivity (Wildman–Crippen MR) is 56.8 cm³/mol. The molecule has 2 aromatic carbocycles. The second-order valence-electron chi connectivity index (χ2n) is 2.99. The van der Waals surface area contributed by atoms with Crippen molar-refractivity contribution in [2.45, 2.75) is 0 Å². The zero-order chi connectivity index (χ0) is 9.97. The third-order valence-electron chi connectivity index (χ3n) is 2.03. The molecule has 0 N–H and O–H groups in total. The Kier molecular flexibility index (Phi) is 2.51. The van der Waals surface area contributed by atoms with Crippen LogP contribution in [-0.4, -0.2) is 0 Å². The molecule has 0 aromatic heterocycles. The number of halogens is 2. The first-order chi connectivity index (χ1) is 6.77. The highest BCUT2D eigenvalue weighted by Crippen LogP contribution is 2.23. The number of hydrogen-bond donors (Lipinski definition) is 0. The van der Waals surface area contributed by atoms with Gasteiger partial charge in [-0.05, 0) is 23.3 Å². The number of hydrogen-bond acceptors (Lipinski definition) is 0. The molecule has 0 aliphatic heterocycles. The highest BCUT2D eigenvalue weighted by molar-refractivity contribution is 6.30. The minimum atomic E-state index is -0.381. The second-order valence-corrected chi connectivity index (χ2v) is 3.40. The van der Waals surface area contributed by atoms with Crippen molar-refractivity contribution in [3.8, 4) is 11.1 Å². The summed E-state index contributed by atoms with van der Waals surface area (Å²) in [5.41, 5.74) is 1.83. The van der Waals surface area contributed by atoms with Gasteiger partial charge in [0.25, 0.3) is 0 Å². The summed E-state index contributed by atoms with van der Waals surface area (Å²) in [5, 5.41) is 0.157. The molecule has 0 aliphatic carbocycles. The number of rotatable bonds is 1.